The molecule has 0 aliphatic rings. The zero-order valence-corrected chi connectivity index (χ0v) is 5.07. The van der Waals surface area contributed by atoms with Crippen molar-refractivity contribution >= 4 is 19.7 Å². The molecule has 0 aliphatic heterocycles. The summed E-state index contributed by atoms with van der Waals surface area (Å²) in [5, 5.41) is 16.0. The van der Waals surface area contributed by atoms with Crippen LogP contribution in [0.1, 0.15) is 6.42 Å². The maximum atomic E-state index is 10.3. The van der Waals surface area contributed by atoms with Crippen LogP contribution in [0, 0.1) is 0 Å². The van der Waals surface area contributed by atoms with E-state index in [9.17, 15) is 9.59 Å². The maximum absolute atomic E-state index is 10.3. The molecule has 0 heterocycles. The van der Waals surface area contributed by atoms with E-state index < -0.39 is 24.1 Å². The Balaban J connectivity index is 3.72. The van der Waals surface area contributed by atoms with Gasteiger partial charge in [0.05, 0.1) is 7.85 Å². The van der Waals surface area contributed by atoms with Crippen molar-refractivity contribution < 1.29 is 19.9 Å². The summed E-state index contributed by atoms with van der Waals surface area (Å²) in [5.41, 5.74) is 1.24. The predicted molar refractivity (Wildman–Crippen MR) is 31.7 cm³/mol. The summed E-state index contributed by atoms with van der Waals surface area (Å²) in [4.78, 5) is 20.2. The summed E-state index contributed by atoms with van der Waals surface area (Å²) in [6.45, 7) is 0. The van der Waals surface area contributed by atoms with Crippen molar-refractivity contribution in [3.8, 4) is 0 Å². The lowest BCUT2D eigenvalue weighted by Gasteiger charge is -2.03. The van der Waals surface area contributed by atoms with Crippen molar-refractivity contribution in [3.05, 3.63) is 0 Å². The average molecular weight is 143 g/mol. The number of nitrogens with one attached hydrogen (secondary N) is 1. The number of aliphatic carboxylic acids is 1. The highest BCUT2D eigenvalue weighted by atomic mass is 16.5. The molecule has 54 valence electrons. The molecular formula is C4H6BNO4. The number of hydrogen-bond acceptors (Lipinski definition) is 3. The number of hydroxylamine groups is 1. The van der Waals surface area contributed by atoms with Gasteiger partial charge < -0.3 is 5.11 Å². The molecule has 6 heteroatoms. The third-order valence-electron chi connectivity index (χ3n) is 0.841. The third-order valence-corrected chi connectivity index (χ3v) is 0.841. The van der Waals surface area contributed by atoms with Crippen molar-refractivity contribution in [3.63, 3.8) is 0 Å². The van der Waals surface area contributed by atoms with Gasteiger partial charge in [0.15, 0.2) is 0 Å². The second-order valence-corrected chi connectivity index (χ2v) is 1.68. The highest BCUT2D eigenvalue weighted by Gasteiger charge is 2.14. The molecule has 0 aromatic heterocycles. The second kappa shape index (κ2) is 3.89. The minimum absolute atomic E-state index is 0.494. The Morgan fingerprint density at radius 3 is 2.40 bits per heavy atom. The Morgan fingerprint density at radius 1 is 1.60 bits per heavy atom. The minimum atomic E-state index is -1.19. The standard InChI is InChI=1S/C4H6BNO4/c5-2(1-3(7)8)4(9)6-10/h2,10H,1H2,(H,6,9)(H,7,8). The zero-order chi connectivity index (χ0) is 8.15. The van der Waals surface area contributed by atoms with Gasteiger partial charge in [-0.1, -0.05) is 0 Å². The summed E-state index contributed by atoms with van der Waals surface area (Å²) in [6, 6.07) is 0. The van der Waals surface area contributed by atoms with Gasteiger partial charge in [-0.15, -0.1) is 0 Å². The van der Waals surface area contributed by atoms with Gasteiger partial charge in [0, 0.05) is 12.2 Å². The van der Waals surface area contributed by atoms with Gasteiger partial charge in [-0.25, -0.2) is 5.48 Å². The van der Waals surface area contributed by atoms with Gasteiger partial charge in [-0.3, -0.25) is 14.8 Å². The lowest BCUT2D eigenvalue weighted by atomic mass is 9.84. The summed E-state index contributed by atoms with van der Waals surface area (Å²) in [6.07, 6.45) is -0.494. The summed E-state index contributed by atoms with van der Waals surface area (Å²) in [7, 11) is 4.98. The van der Waals surface area contributed by atoms with E-state index in [-0.39, 0.29) is 0 Å². The summed E-state index contributed by atoms with van der Waals surface area (Å²) in [5.74, 6) is -3.28. The second-order valence-electron chi connectivity index (χ2n) is 1.68. The predicted octanol–water partition coefficient (Wildman–Crippen LogP) is -1.08. The van der Waals surface area contributed by atoms with Crippen LogP contribution >= 0.6 is 0 Å². The van der Waals surface area contributed by atoms with E-state index in [1.807, 2.05) is 0 Å². The van der Waals surface area contributed by atoms with E-state index in [1.54, 1.807) is 0 Å². The Labute approximate surface area is 58.4 Å². The van der Waals surface area contributed by atoms with Crippen molar-refractivity contribution in [2.75, 3.05) is 0 Å². The molecule has 1 atom stereocenters. The minimum Gasteiger partial charge on any atom is -0.481 e. The Morgan fingerprint density at radius 2 is 2.10 bits per heavy atom. The molecule has 0 bridgehead atoms. The van der Waals surface area contributed by atoms with Crippen molar-refractivity contribution in [1.29, 1.82) is 0 Å². The molecule has 0 aliphatic carbocycles. The van der Waals surface area contributed by atoms with Crippen LogP contribution in [0.25, 0.3) is 0 Å². The van der Waals surface area contributed by atoms with E-state index >= 15 is 0 Å². The van der Waals surface area contributed by atoms with Gasteiger partial charge in [-0.05, 0) is 0 Å². The molecule has 10 heavy (non-hydrogen) atoms. The fourth-order valence-corrected chi connectivity index (χ4v) is 0.364. The van der Waals surface area contributed by atoms with Crippen LogP contribution in [-0.4, -0.2) is 30.0 Å². The molecule has 0 aromatic rings. The topological polar surface area (TPSA) is 86.6 Å². The van der Waals surface area contributed by atoms with Crippen LogP contribution in [0.5, 0.6) is 0 Å². The molecule has 0 spiro atoms. The first-order chi connectivity index (χ1) is 4.57. The molecule has 0 saturated carbocycles. The molecule has 3 N–H and O–H groups in total. The largest absolute Gasteiger partial charge is 0.481 e. The molecule has 0 saturated heterocycles. The van der Waals surface area contributed by atoms with E-state index in [2.05, 4.69) is 0 Å². The van der Waals surface area contributed by atoms with E-state index in [4.69, 9.17) is 18.2 Å². The molecule has 0 fully saturated rings. The first-order valence-electron chi connectivity index (χ1n) is 2.49. The van der Waals surface area contributed by atoms with E-state index in [0.29, 0.717) is 0 Å². The van der Waals surface area contributed by atoms with Gasteiger partial charge in [0.2, 0.25) is 5.91 Å². The fourth-order valence-electron chi connectivity index (χ4n) is 0.364. The van der Waals surface area contributed by atoms with Crippen LogP contribution in [-0.2, 0) is 9.59 Å². The van der Waals surface area contributed by atoms with Crippen molar-refractivity contribution in [1.82, 2.24) is 5.48 Å². The number of carboxylic acids is 1. The summed E-state index contributed by atoms with van der Waals surface area (Å²) >= 11 is 0. The highest BCUT2D eigenvalue weighted by molar-refractivity contribution is 6.24. The normalized spacial score (nSPS) is 12.1. The first-order valence-corrected chi connectivity index (χ1v) is 2.49. The molecular weight excluding hydrogens is 137 g/mol. The summed E-state index contributed by atoms with van der Waals surface area (Å²) < 4.78 is 0. The quantitative estimate of drug-likeness (QED) is 0.266. The van der Waals surface area contributed by atoms with E-state index in [0.717, 1.165) is 0 Å². The van der Waals surface area contributed by atoms with Gasteiger partial charge in [0.1, 0.15) is 0 Å². The lowest BCUT2D eigenvalue weighted by molar-refractivity contribution is -0.140. The van der Waals surface area contributed by atoms with Gasteiger partial charge >= 0.3 is 5.97 Å². The fraction of sp³-hybridized carbons (Fsp3) is 0.500. The van der Waals surface area contributed by atoms with Crippen LogP contribution < -0.4 is 5.48 Å². The van der Waals surface area contributed by atoms with Crippen LogP contribution in [0.3, 0.4) is 0 Å². The highest BCUT2D eigenvalue weighted by Crippen LogP contribution is 2.03. The Hall–Kier alpha value is -1.04. The number of carboxylic acid groups (broad SMARTS) is 1. The average Bonchev–Trinajstić information content (AvgIpc) is 1.85. The van der Waals surface area contributed by atoms with Crippen LogP contribution in [0.15, 0.2) is 0 Å². The number of rotatable bonds is 3. The molecule has 2 radical (unpaired) electrons. The third kappa shape index (κ3) is 3.08. The van der Waals surface area contributed by atoms with Gasteiger partial charge in [0.25, 0.3) is 0 Å². The maximum Gasteiger partial charge on any atom is 0.303 e. The molecule has 1 amide bonds. The molecule has 5 nitrogen and oxygen atoms in total. The number of amides is 1. The Kier molecular flexibility index (Phi) is 3.49. The smallest absolute Gasteiger partial charge is 0.303 e. The van der Waals surface area contributed by atoms with Gasteiger partial charge in [-0.2, -0.15) is 0 Å². The SMILES string of the molecule is [B]C(CC(=O)O)C(=O)NO. The number of carbonyl (C=O) groups is 2. The van der Waals surface area contributed by atoms with Crippen molar-refractivity contribution in [2.45, 2.75) is 12.2 Å². The molecule has 0 aromatic carbocycles. The molecule has 1 unspecified atom stereocenters. The number of carbonyl (C=O) groups excluding carboxylic acids is 1. The van der Waals surface area contributed by atoms with Crippen molar-refractivity contribution in [2.24, 2.45) is 0 Å². The monoisotopic (exact) mass is 143 g/mol. The number of hydrogen-bond donors (Lipinski definition) is 3. The molecule has 0 rings (SSSR count). The van der Waals surface area contributed by atoms with E-state index in [1.165, 1.54) is 5.48 Å². The zero-order valence-electron chi connectivity index (χ0n) is 5.07. The first kappa shape index (κ1) is 8.96. The lowest BCUT2D eigenvalue weighted by Crippen LogP contribution is -2.25. The Bertz CT molecular complexity index is 148. The van der Waals surface area contributed by atoms with Crippen LogP contribution in [0.2, 0.25) is 5.82 Å². The van der Waals surface area contributed by atoms with Crippen LogP contribution in [0.4, 0.5) is 0 Å².